The van der Waals surface area contributed by atoms with Crippen LogP contribution in [0.4, 0.5) is 5.69 Å². The molecule has 0 fully saturated rings. The number of esters is 1. The number of sulfonamides is 1. The molecule has 2 rings (SSSR count). The second-order valence-electron chi connectivity index (χ2n) is 3.85. The maximum absolute atomic E-state index is 12.2. The van der Waals surface area contributed by atoms with Crippen LogP contribution in [0, 0.1) is 0 Å². The number of benzene rings is 1. The molecule has 1 N–H and O–H groups in total. The highest BCUT2D eigenvalue weighted by atomic mass is 79.9. The van der Waals surface area contributed by atoms with Gasteiger partial charge < -0.3 is 4.74 Å². The lowest BCUT2D eigenvalue weighted by Crippen LogP contribution is -2.13. The van der Waals surface area contributed by atoms with E-state index in [0.29, 0.717) is 4.47 Å². The molecule has 0 radical (unpaired) electrons. The number of halogens is 2. The zero-order valence-corrected chi connectivity index (χ0v) is 14.6. The average molecular weight is 411 g/mol. The monoisotopic (exact) mass is 409 g/mol. The first-order valence-corrected chi connectivity index (χ1v) is 9.02. The predicted octanol–water partition coefficient (Wildman–Crippen LogP) is 3.75. The van der Waals surface area contributed by atoms with E-state index in [4.69, 9.17) is 11.6 Å². The summed E-state index contributed by atoms with van der Waals surface area (Å²) in [5.41, 5.74) is 0.310. The number of carbonyl (C=O) groups excluding carboxylic acids is 1. The topological polar surface area (TPSA) is 72.5 Å². The zero-order chi connectivity index (χ0) is 15.6. The summed E-state index contributed by atoms with van der Waals surface area (Å²) < 4.78 is 32.1. The number of ether oxygens (including phenoxy) is 1. The molecule has 1 aromatic carbocycles. The van der Waals surface area contributed by atoms with Gasteiger partial charge in [-0.2, -0.15) is 0 Å². The Balaban J connectivity index is 2.37. The number of carbonyl (C=O) groups is 1. The lowest BCUT2D eigenvalue weighted by Gasteiger charge is -2.09. The van der Waals surface area contributed by atoms with Gasteiger partial charge in [0.1, 0.15) is 0 Å². The summed E-state index contributed by atoms with van der Waals surface area (Å²) >= 11 is 10.1. The van der Waals surface area contributed by atoms with Crippen LogP contribution in [-0.2, 0) is 14.8 Å². The summed E-state index contributed by atoms with van der Waals surface area (Å²) in [6, 6.07) is 5.86. The van der Waals surface area contributed by atoms with Crippen molar-refractivity contribution in [2.24, 2.45) is 0 Å². The maximum atomic E-state index is 12.2. The summed E-state index contributed by atoms with van der Waals surface area (Å²) in [7, 11) is -2.52. The summed E-state index contributed by atoms with van der Waals surface area (Å²) in [6.45, 7) is 0. The maximum Gasteiger partial charge on any atom is 0.339 e. The molecule has 0 atom stereocenters. The van der Waals surface area contributed by atoms with Crippen molar-refractivity contribution in [1.29, 1.82) is 0 Å². The molecule has 5 nitrogen and oxygen atoms in total. The Kier molecular flexibility index (Phi) is 4.92. The molecule has 0 aliphatic heterocycles. The normalized spacial score (nSPS) is 11.2. The van der Waals surface area contributed by atoms with Crippen LogP contribution in [0.5, 0.6) is 0 Å². The Hall–Kier alpha value is -1.09. The largest absolute Gasteiger partial charge is 0.465 e. The fourth-order valence-corrected chi connectivity index (χ4v) is 5.11. The minimum atomic E-state index is -3.74. The van der Waals surface area contributed by atoms with Crippen molar-refractivity contribution >= 4 is 60.5 Å². The average Bonchev–Trinajstić information content (AvgIpc) is 2.87. The molecule has 1 aromatic heterocycles. The molecule has 0 saturated carbocycles. The second-order valence-corrected chi connectivity index (χ2v) is 7.90. The molecule has 0 unspecified atom stereocenters. The molecule has 2 aromatic rings. The number of nitrogens with one attached hydrogen (secondary N) is 1. The Bertz CT molecular complexity index is 788. The predicted molar refractivity (Wildman–Crippen MR) is 85.6 cm³/mol. The van der Waals surface area contributed by atoms with Crippen LogP contribution in [0.1, 0.15) is 10.4 Å². The molecule has 0 bridgehead atoms. The molecule has 0 amide bonds. The van der Waals surface area contributed by atoms with Crippen LogP contribution in [0.25, 0.3) is 0 Å². The van der Waals surface area contributed by atoms with Crippen molar-refractivity contribution < 1.29 is 17.9 Å². The van der Waals surface area contributed by atoms with Gasteiger partial charge in [0.2, 0.25) is 0 Å². The first-order valence-electron chi connectivity index (χ1n) is 5.49. The highest BCUT2D eigenvalue weighted by Crippen LogP contribution is 2.30. The summed E-state index contributed by atoms with van der Waals surface area (Å²) in [4.78, 5) is 11.5. The van der Waals surface area contributed by atoms with Crippen molar-refractivity contribution in [2.75, 3.05) is 11.8 Å². The molecule has 0 saturated heterocycles. The number of anilines is 1. The van der Waals surface area contributed by atoms with E-state index in [0.717, 1.165) is 11.3 Å². The molecular formula is C12H9BrClNO4S2. The third-order valence-electron chi connectivity index (χ3n) is 2.45. The molecule has 112 valence electrons. The first-order chi connectivity index (χ1) is 9.85. The summed E-state index contributed by atoms with van der Waals surface area (Å²) in [5.74, 6) is -0.640. The fraction of sp³-hybridized carbons (Fsp3) is 0.0833. The minimum Gasteiger partial charge on any atom is -0.465 e. The van der Waals surface area contributed by atoms with E-state index in [1.165, 1.54) is 25.3 Å². The van der Waals surface area contributed by atoms with Gasteiger partial charge in [-0.3, -0.25) is 4.72 Å². The van der Waals surface area contributed by atoms with Crippen molar-refractivity contribution in [1.82, 2.24) is 0 Å². The number of rotatable bonds is 4. The highest BCUT2D eigenvalue weighted by molar-refractivity contribution is 9.10. The summed E-state index contributed by atoms with van der Waals surface area (Å²) in [6.07, 6.45) is 0. The lowest BCUT2D eigenvalue weighted by molar-refractivity contribution is 0.0601. The number of thiophene rings is 1. The molecule has 1 heterocycles. The van der Waals surface area contributed by atoms with Gasteiger partial charge in [0.25, 0.3) is 10.0 Å². The zero-order valence-electron chi connectivity index (χ0n) is 10.6. The highest BCUT2D eigenvalue weighted by Gasteiger charge is 2.20. The molecule has 0 spiro atoms. The number of methoxy groups -OCH3 is 1. The first kappa shape index (κ1) is 16.3. The van der Waals surface area contributed by atoms with Crippen LogP contribution < -0.4 is 4.72 Å². The van der Waals surface area contributed by atoms with Gasteiger partial charge in [0.05, 0.1) is 17.7 Å². The van der Waals surface area contributed by atoms with Crippen LogP contribution in [0.3, 0.4) is 0 Å². The van der Waals surface area contributed by atoms with E-state index in [-0.39, 0.29) is 20.5 Å². The van der Waals surface area contributed by atoms with Crippen LogP contribution in [0.15, 0.2) is 38.3 Å². The Morgan fingerprint density at radius 2 is 2.10 bits per heavy atom. The van der Waals surface area contributed by atoms with E-state index in [2.05, 4.69) is 25.4 Å². The third kappa shape index (κ3) is 3.57. The SMILES string of the molecule is COC(=O)c1cc(NS(=O)(=O)c2sccc2Br)ccc1Cl. The van der Waals surface area contributed by atoms with Gasteiger partial charge in [-0.05, 0) is 45.6 Å². The van der Waals surface area contributed by atoms with E-state index < -0.39 is 16.0 Å². The number of hydrogen-bond donors (Lipinski definition) is 1. The van der Waals surface area contributed by atoms with Crippen molar-refractivity contribution in [3.63, 3.8) is 0 Å². The van der Waals surface area contributed by atoms with Gasteiger partial charge in [0, 0.05) is 10.2 Å². The van der Waals surface area contributed by atoms with E-state index in [9.17, 15) is 13.2 Å². The molecular weight excluding hydrogens is 402 g/mol. The summed E-state index contributed by atoms with van der Waals surface area (Å²) in [5, 5.41) is 1.84. The van der Waals surface area contributed by atoms with E-state index in [1.807, 2.05) is 0 Å². The fourth-order valence-electron chi connectivity index (χ4n) is 1.53. The van der Waals surface area contributed by atoms with Gasteiger partial charge >= 0.3 is 5.97 Å². The molecule has 0 aliphatic rings. The molecule has 0 aliphatic carbocycles. The number of hydrogen-bond acceptors (Lipinski definition) is 5. The van der Waals surface area contributed by atoms with Gasteiger partial charge in [0.15, 0.2) is 4.21 Å². The van der Waals surface area contributed by atoms with Crippen LogP contribution in [-0.4, -0.2) is 21.5 Å². The van der Waals surface area contributed by atoms with Crippen molar-refractivity contribution in [2.45, 2.75) is 4.21 Å². The molecule has 9 heteroatoms. The van der Waals surface area contributed by atoms with Gasteiger partial charge in [-0.1, -0.05) is 11.6 Å². The minimum absolute atomic E-state index is 0.0876. The Morgan fingerprint density at radius 3 is 2.67 bits per heavy atom. The second kappa shape index (κ2) is 6.35. The Morgan fingerprint density at radius 1 is 1.38 bits per heavy atom. The van der Waals surface area contributed by atoms with E-state index in [1.54, 1.807) is 11.4 Å². The van der Waals surface area contributed by atoms with E-state index >= 15 is 0 Å². The van der Waals surface area contributed by atoms with Gasteiger partial charge in [-0.25, -0.2) is 13.2 Å². The quantitative estimate of drug-likeness (QED) is 0.779. The Labute approximate surface area is 139 Å². The van der Waals surface area contributed by atoms with Gasteiger partial charge in [-0.15, -0.1) is 11.3 Å². The lowest BCUT2D eigenvalue weighted by atomic mass is 10.2. The molecule has 21 heavy (non-hydrogen) atoms. The third-order valence-corrected chi connectivity index (χ3v) is 6.83. The van der Waals surface area contributed by atoms with Crippen molar-refractivity contribution in [3.8, 4) is 0 Å². The van der Waals surface area contributed by atoms with Crippen molar-refractivity contribution in [3.05, 3.63) is 44.7 Å². The van der Waals surface area contributed by atoms with Crippen LogP contribution >= 0.6 is 38.9 Å². The standard InChI is InChI=1S/C12H9BrClNO4S2/c1-19-11(16)8-6-7(2-3-10(8)14)15-21(17,18)12-9(13)4-5-20-12/h2-6,15H,1H3. The van der Waals surface area contributed by atoms with Crippen LogP contribution in [0.2, 0.25) is 5.02 Å². The smallest absolute Gasteiger partial charge is 0.339 e.